The number of carbonyl (C=O) groups is 2. The van der Waals surface area contributed by atoms with Crippen LogP contribution in [0.15, 0.2) is 18.2 Å². The number of ether oxygens (including phenoxy) is 1. The van der Waals surface area contributed by atoms with Crippen LogP contribution in [0.1, 0.15) is 22.3 Å². The van der Waals surface area contributed by atoms with E-state index in [-0.39, 0.29) is 30.8 Å². The molecule has 1 heterocycles. The van der Waals surface area contributed by atoms with Crippen LogP contribution in [0.2, 0.25) is 0 Å². The summed E-state index contributed by atoms with van der Waals surface area (Å²) in [6, 6.07) is 5.72. The number of carbonyl (C=O) groups excluding carboxylic acids is 2. The van der Waals surface area contributed by atoms with Crippen molar-refractivity contribution in [2.45, 2.75) is 12.8 Å². The summed E-state index contributed by atoms with van der Waals surface area (Å²) in [5.74, 6) is -0.213. The molecule has 0 aliphatic carbocycles. The van der Waals surface area contributed by atoms with Crippen molar-refractivity contribution in [2.75, 3.05) is 52.8 Å². The Morgan fingerprint density at radius 1 is 1.29 bits per heavy atom. The van der Waals surface area contributed by atoms with Crippen LogP contribution in [0, 0.1) is 0 Å². The van der Waals surface area contributed by atoms with Gasteiger partial charge in [0.25, 0.3) is 5.91 Å². The Bertz CT molecular complexity index is 578. The maximum absolute atomic E-state index is 13.0. The molecule has 0 unspecified atom stereocenters. The molecule has 1 aliphatic rings. The number of likely N-dealkylation sites (N-methyl/N-ethyl adjacent to an activating group) is 1. The van der Waals surface area contributed by atoms with Gasteiger partial charge in [0.2, 0.25) is 5.91 Å². The van der Waals surface area contributed by atoms with Crippen LogP contribution in [0.25, 0.3) is 0 Å². The average molecular weight is 356 g/mol. The molecule has 1 aliphatic heterocycles. The number of hydrogen-bond donors (Lipinski definition) is 1. The standard InChI is InChI=1S/C17H25N3O3.ClH/c1-19(2)16(21)12-20(10-11-23-3)17(22)14-6-4-8-15-13(14)7-5-9-18-15;/h4,6,8,18H,5,7,9-12H2,1-3H3;1H. The van der Waals surface area contributed by atoms with Crippen LogP contribution in [0.4, 0.5) is 5.69 Å². The van der Waals surface area contributed by atoms with E-state index in [1.807, 2.05) is 18.2 Å². The van der Waals surface area contributed by atoms with Gasteiger partial charge in [-0.3, -0.25) is 9.59 Å². The number of rotatable bonds is 6. The highest BCUT2D eigenvalue weighted by molar-refractivity contribution is 5.99. The predicted molar refractivity (Wildman–Crippen MR) is 97.0 cm³/mol. The van der Waals surface area contributed by atoms with Gasteiger partial charge in [0.1, 0.15) is 6.54 Å². The quantitative estimate of drug-likeness (QED) is 0.842. The molecule has 6 nitrogen and oxygen atoms in total. The highest BCUT2D eigenvalue weighted by atomic mass is 35.5. The van der Waals surface area contributed by atoms with Gasteiger partial charge >= 0.3 is 0 Å². The van der Waals surface area contributed by atoms with Gasteiger partial charge < -0.3 is 19.9 Å². The molecule has 0 bridgehead atoms. The zero-order valence-electron chi connectivity index (χ0n) is 14.5. The lowest BCUT2D eigenvalue weighted by atomic mass is 9.97. The number of benzene rings is 1. The molecule has 1 aromatic rings. The summed E-state index contributed by atoms with van der Waals surface area (Å²) in [6.07, 6.45) is 1.88. The molecule has 0 spiro atoms. The van der Waals surface area contributed by atoms with Crippen molar-refractivity contribution in [1.29, 1.82) is 0 Å². The van der Waals surface area contributed by atoms with Crippen molar-refractivity contribution in [3.63, 3.8) is 0 Å². The third-order valence-corrected chi connectivity index (χ3v) is 4.00. The van der Waals surface area contributed by atoms with Gasteiger partial charge in [0, 0.05) is 45.5 Å². The van der Waals surface area contributed by atoms with Crippen molar-refractivity contribution in [3.05, 3.63) is 29.3 Å². The number of anilines is 1. The van der Waals surface area contributed by atoms with Gasteiger partial charge in [0.05, 0.1) is 6.61 Å². The maximum atomic E-state index is 13.0. The predicted octanol–water partition coefficient (Wildman–Crippen LogP) is 1.64. The summed E-state index contributed by atoms with van der Waals surface area (Å²) in [4.78, 5) is 28.0. The third kappa shape index (κ3) is 4.85. The van der Waals surface area contributed by atoms with E-state index in [1.165, 1.54) is 4.90 Å². The average Bonchev–Trinajstić information content (AvgIpc) is 2.57. The Balaban J connectivity index is 0.00000288. The number of methoxy groups -OCH3 is 1. The topological polar surface area (TPSA) is 61.9 Å². The second-order valence-electron chi connectivity index (χ2n) is 5.87. The zero-order valence-corrected chi connectivity index (χ0v) is 15.3. The minimum atomic E-state index is -0.113. The number of amides is 2. The first kappa shape index (κ1) is 20.3. The Hall–Kier alpha value is -1.79. The molecule has 2 amide bonds. The van der Waals surface area contributed by atoms with Crippen LogP contribution >= 0.6 is 12.4 Å². The lowest BCUT2D eigenvalue weighted by Gasteiger charge is -2.26. The molecule has 134 valence electrons. The van der Waals surface area contributed by atoms with Crippen molar-refractivity contribution in [3.8, 4) is 0 Å². The van der Waals surface area contributed by atoms with E-state index in [1.54, 1.807) is 26.1 Å². The van der Waals surface area contributed by atoms with Crippen molar-refractivity contribution >= 4 is 29.9 Å². The number of fused-ring (bicyclic) bond motifs is 1. The van der Waals surface area contributed by atoms with Gasteiger partial charge in [0.15, 0.2) is 0 Å². The lowest BCUT2D eigenvalue weighted by molar-refractivity contribution is -0.129. The van der Waals surface area contributed by atoms with Crippen molar-refractivity contribution in [1.82, 2.24) is 9.80 Å². The normalized spacial score (nSPS) is 12.5. The largest absolute Gasteiger partial charge is 0.385 e. The second-order valence-corrected chi connectivity index (χ2v) is 5.87. The Labute approximate surface area is 149 Å². The van der Waals surface area contributed by atoms with Gasteiger partial charge in [-0.25, -0.2) is 0 Å². The molecular formula is C17H26ClN3O3. The van der Waals surface area contributed by atoms with E-state index in [9.17, 15) is 9.59 Å². The summed E-state index contributed by atoms with van der Waals surface area (Å²) in [5, 5.41) is 3.33. The first-order chi connectivity index (χ1) is 11.0. The van der Waals surface area contributed by atoms with E-state index >= 15 is 0 Å². The Morgan fingerprint density at radius 3 is 2.71 bits per heavy atom. The van der Waals surface area contributed by atoms with Gasteiger partial charge in [-0.2, -0.15) is 0 Å². The minimum absolute atomic E-state index is 0. The highest BCUT2D eigenvalue weighted by Gasteiger charge is 2.24. The third-order valence-electron chi connectivity index (χ3n) is 4.00. The Kier molecular flexibility index (Phi) is 8.01. The second kappa shape index (κ2) is 9.49. The molecule has 0 saturated carbocycles. The van der Waals surface area contributed by atoms with E-state index in [0.29, 0.717) is 18.7 Å². The van der Waals surface area contributed by atoms with Crippen LogP contribution < -0.4 is 5.32 Å². The maximum Gasteiger partial charge on any atom is 0.254 e. The first-order valence-corrected chi connectivity index (χ1v) is 7.88. The Morgan fingerprint density at radius 2 is 2.04 bits per heavy atom. The van der Waals surface area contributed by atoms with Gasteiger partial charge in [-0.1, -0.05) is 6.07 Å². The molecule has 0 atom stereocenters. The molecule has 0 fully saturated rings. The molecule has 0 saturated heterocycles. The van der Waals surface area contributed by atoms with E-state index < -0.39 is 0 Å². The fourth-order valence-electron chi connectivity index (χ4n) is 2.64. The SMILES string of the molecule is COCCN(CC(=O)N(C)C)C(=O)c1cccc2c1CCCN2.Cl. The smallest absolute Gasteiger partial charge is 0.254 e. The van der Waals surface area contributed by atoms with Crippen LogP contribution in [-0.4, -0.2) is 69.1 Å². The number of hydrogen-bond acceptors (Lipinski definition) is 4. The van der Waals surface area contributed by atoms with Crippen LogP contribution in [0.3, 0.4) is 0 Å². The van der Waals surface area contributed by atoms with Crippen molar-refractivity contribution < 1.29 is 14.3 Å². The molecule has 0 aromatic heterocycles. The number of halogens is 1. The molecule has 1 N–H and O–H groups in total. The molecule has 7 heteroatoms. The van der Waals surface area contributed by atoms with E-state index in [0.717, 1.165) is 30.6 Å². The molecular weight excluding hydrogens is 330 g/mol. The minimum Gasteiger partial charge on any atom is -0.385 e. The lowest BCUT2D eigenvalue weighted by Crippen LogP contribution is -2.42. The first-order valence-electron chi connectivity index (χ1n) is 7.88. The van der Waals surface area contributed by atoms with E-state index in [2.05, 4.69) is 5.32 Å². The van der Waals surface area contributed by atoms with Gasteiger partial charge in [-0.05, 0) is 30.5 Å². The summed E-state index contributed by atoms with van der Waals surface area (Å²) >= 11 is 0. The van der Waals surface area contributed by atoms with Crippen LogP contribution in [-0.2, 0) is 16.0 Å². The van der Waals surface area contributed by atoms with E-state index in [4.69, 9.17) is 4.74 Å². The monoisotopic (exact) mass is 355 g/mol. The highest BCUT2D eigenvalue weighted by Crippen LogP contribution is 2.26. The number of nitrogens with one attached hydrogen (secondary N) is 1. The molecule has 2 rings (SSSR count). The number of nitrogens with zero attached hydrogens (tertiary/aromatic N) is 2. The summed E-state index contributed by atoms with van der Waals surface area (Å²) in [5.41, 5.74) is 2.74. The fraction of sp³-hybridized carbons (Fsp3) is 0.529. The summed E-state index contributed by atoms with van der Waals surface area (Å²) in [6.45, 7) is 1.79. The molecule has 0 radical (unpaired) electrons. The van der Waals surface area contributed by atoms with Gasteiger partial charge in [-0.15, -0.1) is 12.4 Å². The molecule has 1 aromatic carbocycles. The zero-order chi connectivity index (χ0) is 16.8. The summed E-state index contributed by atoms with van der Waals surface area (Å²) < 4.78 is 5.08. The van der Waals surface area contributed by atoms with Crippen molar-refractivity contribution in [2.24, 2.45) is 0 Å². The summed E-state index contributed by atoms with van der Waals surface area (Å²) in [7, 11) is 4.97. The fourth-order valence-corrected chi connectivity index (χ4v) is 2.64. The molecule has 24 heavy (non-hydrogen) atoms. The van der Waals surface area contributed by atoms with Crippen LogP contribution in [0.5, 0.6) is 0 Å².